The second-order valence-electron chi connectivity index (χ2n) is 4.72. The number of benzene rings is 1. The standard InChI is InChI=1S/C13H16N2O3/c1-15-12(16)7-9(14)13(15)8-2-3-10-11(6-8)18-5-4-17-10/h2-3,6,9,13H,4-5,7,14H2,1H3. The molecule has 1 amide bonds. The summed E-state index contributed by atoms with van der Waals surface area (Å²) in [7, 11) is 1.79. The van der Waals surface area contributed by atoms with E-state index in [-0.39, 0.29) is 18.0 Å². The quantitative estimate of drug-likeness (QED) is 0.794. The van der Waals surface area contributed by atoms with Crippen LogP contribution in [0.4, 0.5) is 0 Å². The van der Waals surface area contributed by atoms with Gasteiger partial charge in [-0.3, -0.25) is 4.79 Å². The topological polar surface area (TPSA) is 64.8 Å². The maximum atomic E-state index is 11.6. The minimum Gasteiger partial charge on any atom is -0.486 e. The van der Waals surface area contributed by atoms with Crippen molar-refractivity contribution in [2.75, 3.05) is 20.3 Å². The summed E-state index contributed by atoms with van der Waals surface area (Å²) < 4.78 is 11.0. The average Bonchev–Trinajstić information content (AvgIpc) is 2.63. The fraction of sp³-hybridized carbons (Fsp3) is 0.462. The van der Waals surface area contributed by atoms with Gasteiger partial charge in [0.2, 0.25) is 5.91 Å². The van der Waals surface area contributed by atoms with Crippen LogP contribution < -0.4 is 15.2 Å². The lowest BCUT2D eigenvalue weighted by molar-refractivity contribution is -0.127. The second kappa shape index (κ2) is 4.17. The Bertz CT molecular complexity index is 489. The van der Waals surface area contributed by atoms with Gasteiger partial charge < -0.3 is 20.1 Å². The summed E-state index contributed by atoms with van der Waals surface area (Å²) in [5, 5.41) is 0. The molecule has 3 rings (SSSR count). The number of rotatable bonds is 1. The van der Waals surface area contributed by atoms with Gasteiger partial charge in [0, 0.05) is 19.5 Å². The van der Waals surface area contributed by atoms with Gasteiger partial charge in [0.15, 0.2) is 11.5 Å². The van der Waals surface area contributed by atoms with Crippen LogP contribution in [0.25, 0.3) is 0 Å². The molecule has 0 saturated carbocycles. The maximum Gasteiger partial charge on any atom is 0.224 e. The van der Waals surface area contributed by atoms with Gasteiger partial charge in [0.1, 0.15) is 13.2 Å². The summed E-state index contributed by atoms with van der Waals surface area (Å²) in [6, 6.07) is 5.52. The molecule has 1 aromatic carbocycles. The molecule has 5 heteroatoms. The molecule has 2 aliphatic heterocycles. The van der Waals surface area contributed by atoms with Gasteiger partial charge in [-0.25, -0.2) is 0 Å². The molecule has 2 heterocycles. The van der Waals surface area contributed by atoms with Gasteiger partial charge >= 0.3 is 0 Å². The molecule has 0 aromatic heterocycles. The van der Waals surface area contributed by atoms with Gasteiger partial charge in [-0.15, -0.1) is 0 Å². The lowest BCUT2D eigenvalue weighted by Gasteiger charge is -2.25. The van der Waals surface area contributed by atoms with Crippen molar-refractivity contribution >= 4 is 5.91 Å². The third kappa shape index (κ3) is 1.71. The number of carbonyl (C=O) groups excluding carboxylic acids is 1. The number of ether oxygens (including phenoxy) is 2. The van der Waals surface area contributed by atoms with Crippen molar-refractivity contribution in [2.24, 2.45) is 5.73 Å². The SMILES string of the molecule is CN1C(=O)CC(N)C1c1ccc2c(c1)OCCO2. The number of carbonyl (C=O) groups is 1. The van der Waals surface area contributed by atoms with Gasteiger partial charge in [-0.1, -0.05) is 6.07 Å². The second-order valence-corrected chi connectivity index (χ2v) is 4.72. The molecule has 0 bridgehead atoms. The predicted molar refractivity (Wildman–Crippen MR) is 65.5 cm³/mol. The van der Waals surface area contributed by atoms with E-state index in [2.05, 4.69) is 0 Å². The van der Waals surface area contributed by atoms with Crippen molar-refractivity contribution in [2.45, 2.75) is 18.5 Å². The van der Waals surface area contributed by atoms with Crippen molar-refractivity contribution in [3.63, 3.8) is 0 Å². The van der Waals surface area contributed by atoms with Crippen molar-refractivity contribution in [1.29, 1.82) is 0 Å². The number of nitrogens with two attached hydrogens (primary N) is 1. The van der Waals surface area contributed by atoms with Crippen LogP contribution in [-0.4, -0.2) is 37.1 Å². The van der Waals surface area contributed by atoms with Gasteiger partial charge in [-0.2, -0.15) is 0 Å². The van der Waals surface area contributed by atoms with Crippen LogP contribution in [0.5, 0.6) is 11.5 Å². The maximum absolute atomic E-state index is 11.6. The molecule has 2 aliphatic rings. The first-order valence-electron chi connectivity index (χ1n) is 6.07. The van der Waals surface area contributed by atoms with E-state index in [1.54, 1.807) is 11.9 Å². The third-order valence-corrected chi connectivity index (χ3v) is 3.53. The van der Waals surface area contributed by atoms with Crippen molar-refractivity contribution in [3.05, 3.63) is 23.8 Å². The highest BCUT2D eigenvalue weighted by atomic mass is 16.6. The third-order valence-electron chi connectivity index (χ3n) is 3.53. The summed E-state index contributed by atoms with van der Waals surface area (Å²) in [6.07, 6.45) is 0.398. The van der Waals surface area contributed by atoms with E-state index in [1.165, 1.54) is 0 Å². The Morgan fingerprint density at radius 3 is 2.67 bits per heavy atom. The monoisotopic (exact) mass is 248 g/mol. The van der Waals surface area contributed by atoms with Crippen LogP contribution in [0.1, 0.15) is 18.0 Å². The molecule has 1 aromatic rings. The predicted octanol–water partition coefficient (Wildman–Crippen LogP) is 0.688. The number of likely N-dealkylation sites (tertiary alicyclic amines) is 1. The van der Waals surface area contributed by atoms with E-state index in [4.69, 9.17) is 15.2 Å². The molecular formula is C13H16N2O3. The highest BCUT2D eigenvalue weighted by Gasteiger charge is 2.36. The lowest BCUT2D eigenvalue weighted by atomic mass is 10.0. The Balaban J connectivity index is 1.95. The van der Waals surface area contributed by atoms with Crippen LogP contribution in [0.2, 0.25) is 0 Å². The molecular weight excluding hydrogens is 232 g/mol. The van der Waals surface area contributed by atoms with E-state index in [1.807, 2.05) is 18.2 Å². The number of hydrogen-bond acceptors (Lipinski definition) is 4. The van der Waals surface area contributed by atoms with E-state index >= 15 is 0 Å². The number of likely N-dealkylation sites (N-methyl/N-ethyl adjacent to an activating group) is 1. The van der Waals surface area contributed by atoms with Crippen LogP contribution in [0.3, 0.4) is 0 Å². The Morgan fingerprint density at radius 1 is 1.28 bits per heavy atom. The highest BCUT2D eigenvalue weighted by molar-refractivity contribution is 5.80. The first kappa shape index (κ1) is 11.3. The fourth-order valence-corrected chi connectivity index (χ4v) is 2.61. The molecule has 1 fully saturated rings. The summed E-state index contributed by atoms with van der Waals surface area (Å²) >= 11 is 0. The number of hydrogen-bond donors (Lipinski definition) is 1. The summed E-state index contributed by atoms with van der Waals surface area (Å²) in [6.45, 7) is 1.13. The number of nitrogens with zero attached hydrogens (tertiary/aromatic N) is 1. The molecule has 1 saturated heterocycles. The van der Waals surface area contributed by atoms with Crippen molar-refractivity contribution in [1.82, 2.24) is 4.90 Å². The van der Waals surface area contributed by atoms with Crippen LogP contribution in [0.15, 0.2) is 18.2 Å². The van der Waals surface area contributed by atoms with E-state index in [0.29, 0.717) is 19.6 Å². The fourth-order valence-electron chi connectivity index (χ4n) is 2.61. The zero-order valence-electron chi connectivity index (χ0n) is 10.3. The molecule has 0 spiro atoms. The smallest absolute Gasteiger partial charge is 0.224 e. The average molecular weight is 248 g/mol. The van der Waals surface area contributed by atoms with Gasteiger partial charge in [0.05, 0.1) is 6.04 Å². The normalized spacial score (nSPS) is 26.6. The van der Waals surface area contributed by atoms with E-state index < -0.39 is 0 Å². The molecule has 96 valence electrons. The van der Waals surface area contributed by atoms with Crippen molar-refractivity contribution in [3.8, 4) is 11.5 Å². The molecule has 2 N–H and O–H groups in total. The Kier molecular flexibility index (Phi) is 2.63. The van der Waals surface area contributed by atoms with Gasteiger partial charge in [-0.05, 0) is 17.7 Å². The molecule has 18 heavy (non-hydrogen) atoms. The molecule has 5 nitrogen and oxygen atoms in total. The Morgan fingerprint density at radius 2 is 2.00 bits per heavy atom. The van der Waals surface area contributed by atoms with Crippen LogP contribution in [0, 0.1) is 0 Å². The summed E-state index contributed by atoms with van der Waals surface area (Å²) in [4.78, 5) is 13.4. The van der Waals surface area contributed by atoms with Gasteiger partial charge in [0.25, 0.3) is 0 Å². The van der Waals surface area contributed by atoms with E-state index in [0.717, 1.165) is 17.1 Å². The lowest BCUT2D eigenvalue weighted by Crippen LogP contribution is -2.30. The number of amides is 1. The molecule has 2 atom stereocenters. The largest absolute Gasteiger partial charge is 0.486 e. The molecule has 2 unspecified atom stereocenters. The molecule has 0 radical (unpaired) electrons. The van der Waals surface area contributed by atoms with E-state index in [9.17, 15) is 4.79 Å². The minimum atomic E-state index is -0.162. The first-order valence-corrected chi connectivity index (χ1v) is 6.07. The van der Waals surface area contributed by atoms with Crippen LogP contribution >= 0.6 is 0 Å². The summed E-state index contributed by atoms with van der Waals surface area (Å²) in [5.74, 6) is 1.58. The Labute approximate surface area is 105 Å². The molecule has 0 aliphatic carbocycles. The Hall–Kier alpha value is -1.75. The highest BCUT2D eigenvalue weighted by Crippen LogP contribution is 2.37. The number of fused-ring (bicyclic) bond motifs is 1. The zero-order valence-corrected chi connectivity index (χ0v) is 10.3. The van der Waals surface area contributed by atoms with Crippen LogP contribution in [-0.2, 0) is 4.79 Å². The summed E-state index contributed by atoms with van der Waals surface area (Å²) in [5.41, 5.74) is 7.03. The zero-order chi connectivity index (χ0) is 12.7. The first-order chi connectivity index (χ1) is 8.66. The minimum absolute atomic E-state index is 0.0756. The van der Waals surface area contributed by atoms with Crippen molar-refractivity contribution < 1.29 is 14.3 Å².